The van der Waals surface area contributed by atoms with Crippen LogP contribution in [0.25, 0.3) is 22.4 Å². The van der Waals surface area contributed by atoms with E-state index < -0.39 is 4.92 Å². The van der Waals surface area contributed by atoms with Crippen LogP contribution in [0.1, 0.15) is 5.56 Å². The van der Waals surface area contributed by atoms with Crippen LogP contribution in [0.15, 0.2) is 48.5 Å². The standard InChI is InChI=1S/C20H16N4O4/c1-27-14-7-8-19(28-2)16(9-14)15-10-18(23-20(22)17(15)11-21)12-3-5-13(6-4-12)24(25)26/h3-10H,1-2H3,(H2,22,23). The van der Waals surface area contributed by atoms with E-state index in [0.717, 1.165) is 0 Å². The van der Waals surface area contributed by atoms with E-state index in [4.69, 9.17) is 15.2 Å². The Labute approximate surface area is 160 Å². The topological polar surface area (TPSA) is 124 Å². The molecule has 0 amide bonds. The molecule has 0 saturated heterocycles. The highest BCUT2D eigenvalue weighted by Crippen LogP contribution is 2.38. The van der Waals surface area contributed by atoms with Crippen molar-refractivity contribution in [2.75, 3.05) is 20.0 Å². The number of rotatable bonds is 5. The normalized spacial score (nSPS) is 10.2. The molecule has 0 bridgehead atoms. The summed E-state index contributed by atoms with van der Waals surface area (Å²) in [6, 6.07) is 14.9. The Morgan fingerprint density at radius 1 is 1.07 bits per heavy atom. The average Bonchev–Trinajstić information content (AvgIpc) is 2.72. The zero-order valence-corrected chi connectivity index (χ0v) is 15.2. The second kappa shape index (κ2) is 7.63. The molecule has 2 N–H and O–H groups in total. The molecule has 0 unspecified atom stereocenters. The molecule has 2 aromatic carbocycles. The number of ether oxygens (including phenoxy) is 2. The lowest BCUT2D eigenvalue weighted by atomic mass is 9.97. The molecule has 3 aromatic rings. The number of nitrogen functional groups attached to an aromatic ring is 1. The first-order valence-electron chi connectivity index (χ1n) is 8.16. The van der Waals surface area contributed by atoms with E-state index in [1.54, 1.807) is 43.5 Å². The minimum Gasteiger partial charge on any atom is -0.497 e. The number of aromatic nitrogens is 1. The predicted octanol–water partition coefficient (Wildman–Crippen LogP) is 3.79. The Bertz CT molecular complexity index is 1090. The van der Waals surface area contributed by atoms with Crippen molar-refractivity contribution in [2.24, 2.45) is 0 Å². The molecule has 1 heterocycles. The van der Waals surface area contributed by atoms with Crippen LogP contribution in [0.5, 0.6) is 11.5 Å². The smallest absolute Gasteiger partial charge is 0.269 e. The number of nitriles is 1. The lowest BCUT2D eigenvalue weighted by molar-refractivity contribution is -0.384. The monoisotopic (exact) mass is 376 g/mol. The van der Waals surface area contributed by atoms with Gasteiger partial charge in [-0.3, -0.25) is 10.1 Å². The first-order chi connectivity index (χ1) is 13.5. The third-order valence-electron chi connectivity index (χ3n) is 4.23. The van der Waals surface area contributed by atoms with Crippen molar-refractivity contribution >= 4 is 11.5 Å². The summed E-state index contributed by atoms with van der Waals surface area (Å²) >= 11 is 0. The Kier molecular flexibility index (Phi) is 5.09. The van der Waals surface area contributed by atoms with Crippen LogP contribution < -0.4 is 15.2 Å². The van der Waals surface area contributed by atoms with Gasteiger partial charge in [0, 0.05) is 28.8 Å². The van der Waals surface area contributed by atoms with E-state index in [-0.39, 0.29) is 17.1 Å². The fourth-order valence-corrected chi connectivity index (χ4v) is 2.82. The van der Waals surface area contributed by atoms with Crippen molar-refractivity contribution in [3.8, 4) is 40.0 Å². The van der Waals surface area contributed by atoms with Crippen LogP contribution in [0.2, 0.25) is 0 Å². The zero-order chi connectivity index (χ0) is 20.3. The molecule has 1 aromatic heterocycles. The number of nitro benzene ring substituents is 1. The van der Waals surface area contributed by atoms with Gasteiger partial charge in [0.05, 0.1) is 24.8 Å². The fourth-order valence-electron chi connectivity index (χ4n) is 2.82. The van der Waals surface area contributed by atoms with Crippen LogP contribution in [0, 0.1) is 21.4 Å². The molecule has 140 valence electrons. The third-order valence-corrected chi connectivity index (χ3v) is 4.23. The maximum atomic E-state index is 10.9. The fraction of sp³-hybridized carbons (Fsp3) is 0.100. The molecule has 8 heteroatoms. The van der Waals surface area contributed by atoms with E-state index in [9.17, 15) is 15.4 Å². The molecular formula is C20H16N4O4. The molecule has 0 radical (unpaired) electrons. The second-order valence-corrected chi connectivity index (χ2v) is 5.80. The van der Waals surface area contributed by atoms with Crippen LogP contribution in [-0.2, 0) is 0 Å². The number of nitrogens with two attached hydrogens (primary N) is 1. The summed E-state index contributed by atoms with van der Waals surface area (Å²) in [5.74, 6) is 1.18. The van der Waals surface area contributed by atoms with Crippen LogP contribution in [-0.4, -0.2) is 24.1 Å². The molecule has 0 saturated carbocycles. The minimum atomic E-state index is -0.475. The lowest BCUT2D eigenvalue weighted by Crippen LogP contribution is -2.01. The Hall–Kier alpha value is -4.12. The van der Waals surface area contributed by atoms with Gasteiger partial charge in [-0.1, -0.05) is 0 Å². The first kappa shape index (κ1) is 18.7. The molecule has 0 aliphatic rings. The van der Waals surface area contributed by atoms with Crippen molar-refractivity contribution in [1.82, 2.24) is 4.98 Å². The van der Waals surface area contributed by atoms with Gasteiger partial charge in [0.2, 0.25) is 0 Å². The summed E-state index contributed by atoms with van der Waals surface area (Å²) in [7, 11) is 3.07. The minimum absolute atomic E-state index is 0.0277. The Morgan fingerprint density at radius 3 is 2.36 bits per heavy atom. The van der Waals surface area contributed by atoms with Gasteiger partial charge in [-0.05, 0) is 36.4 Å². The number of non-ortho nitro benzene ring substituents is 1. The zero-order valence-electron chi connectivity index (χ0n) is 15.2. The van der Waals surface area contributed by atoms with Crippen molar-refractivity contribution in [1.29, 1.82) is 5.26 Å². The predicted molar refractivity (Wildman–Crippen MR) is 104 cm³/mol. The van der Waals surface area contributed by atoms with Gasteiger partial charge in [0.25, 0.3) is 5.69 Å². The third kappa shape index (κ3) is 3.41. The number of hydrogen-bond donors (Lipinski definition) is 1. The highest BCUT2D eigenvalue weighted by molar-refractivity contribution is 5.83. The summed E-state index contributed by atoms with van der Waals surface area (Å²) in [6.07, 6.45) is 0. The maximum absolute atomic E-state index is 10.9. The van der Waals surface area contributed by atoms with E-state index in [0.29, 0.717) is 33.9 Å². The number of nitro groups is 1. The summed E-state index contributed by atoms with van der Waals surface area (Å²) < 4.78 is 10.7. The van der Waals surface area contributed by atoms with Crippen molar-refractivity contribution in [3.63, 3.8) is 0 Å². The van der Waals surface area contributed by atoms with Crippen molar-refractivity contribution < 1.29 is 14.4 Å². The summed E-state index contributed by atoms with van der Waals surface area (Å²) in [5.41, 5.74) is 8.47. The Balaban J connectivity index is 2.22. The first-order valence-corrected chi connectivity index (χ1v) is 8.16. The van der Waals surface area contributed by atoms with Gasteiger partial charge < -0.3 is 15.2 Å². The van der Waals surface area contributed by atoms with E-state index in [2.05, 4.69) is 11.1 Å². The molecule has 28 heavy (non-hydrogen) atoms. The number of methoxy groups -OCH3 is 2. The van der Waals surface area contributed by atoms with Gasteiger partial charge in [-0.15, -0.1) is 0 Å². The van der Waals surface area contributed by atoms with Crippen LogP contribution in [0.3, 0.4) is 0 Å². The van der Waals surface area contributed by atoms with Crippen molar-refractivity contribution in [2.45, 2.75) is 0 Å². The van der Waals surface area contributed by atoms with Gasteiger partial charge >= 0.3 is 0 Å². The summed E-state index contributed by atoms with van der Waals surface area (Å²) in [5, 5.41) is 20.5. The number of hydrogen-bond acceptors (Lipinski definition) is 7. The second-order valence-electron chi connectivity index (χ2n) is 5.80. The molecule has 3 rings (SSSR count). The largest absolute Gasteiger partial charge is 0.497 e. The van der Waals surface area contributed by atoms with Gasteiger partial charge in [0.15, 0.2) is 0 Å². The quantitative estimate of drug-likeness (QED) is 0.530. The molecular weight excluding hydrogens is 360 g/mol. The molecule has 0 fully saturated rings. The van der Waals surface area contributed by atoms with Gasteiger partial charge in [-0.2, -0.15) is 5.26 Å². The highest BCUT2D eigenvalue weighted by atomic mass is 16.6. The lowest BCUT2D eigenvalue weighted by Gasteiger charge is -2.14. The van der Waals surface area contributed by atoms with E-state index >= 15 is 0 Å². The van der Waals surface area contributed by atoms with Crippen LogP contribution in [0.4, 0.5) is 11.5 Å². The molecule has 0 atom stereocenters. The van der Waals surface area contributed by atoms with Gasteiger partial charge in [-0.25, -0.2) is 4.98 Å². The molecule has 8 nitrogen and oxygen atoms in total. The highest BCUT2D eigenvalue weighted by Gasteiger charge is 2.18. The number of anilines is 1. The van der Waals surface area contributed by atoms with Gasteiger partial charge in [0.1, 0.15) is 28.9 Å². The molecule has 0 aliphatic carbocycles. The summed E-state index contributed by atoms with van der Waals surface area (Å²) in [4.78, 5) is 14.7. The maximum Gasteiger partial charge on any atom is 0.269 e. The van der Waals surface area contributed by atoms with E-state index in [1.165, 1.54) is 19.2 Å². The summed E-state index contributed by atoms with van der Waals surface area (Å²) in [6.45, 7) is 0. The van der Waals surface area contributed by atoms with Crippen LogP contribution >= 0.6 is 0 Å². The molecule has 0 aliphatic heterocycles. The van der Waals surface area contributed by atoms with E-state index in [1.807, 2.05) is 0 Å². The Morgan fingerprint density at radius 2 is 1.79 bits per heavy atom. The average molecular weight is 376 g/mol. The molecule has 0 spiro atoms. The van der Waals surface area contributed by atoms with Crippen molar-refractivity contribution in [3.05, 3.63) is 64.2 Å². The number of nitrogens with zero attached hydrogens (tertiary/aromatic N) is 3. The number of pyridine rings is 1. The SMILES string of the molecule is COc1ccc(OC)c(-c2cc(-c3ccc([N+](=O)[O-])cc3)nc(N)c2C#N)c1. The number of benzene rings is 2.